The highest BCUT2D eigenvalue weighted by molar-refractivity contribution is 5.86. The number of fused-ring (bicyclic) bond motifs is 1. The summed E-state index contributed by atoms with van der Waals surface area (Å²) in [5, 5.41) is 3.00. The number of carbonyl (C=O) groups excluding carboxylic acids is 2. The van der Waals surface area contributed by atoms with E-state index in [0.717, 1.165) is 18.6 Å². The van der Waals surface area contributed by atoms with Gasteiger partial charge in [-0.15, -0.1) is 0 Å². The van der Waals surface area contributed by atoms with Crippen LogP contribution in [0.3, 0.4) is 0 Å². The van der Waals surface area contributed by atoms with E-state index in [1.165, 1.54) is 5.56 Å². The Labute approximate surface area is 154 Å². The predicted octanol–water partition coefficient (Wildman–Crippen LogP) is 2.75. The van der Waals surface area contributed by atoms with Gasteiger partial charge in [-0.25, -0.2) is 4.79 Å². The molecule has 1 saturated heterocycles. The van der Waals surface area contributed by atoms with Gasteiger partial charge >= 0.3 is 6.09 Å². The van der Waals surface area contributed by atoms with Crippen LogP contribution in [0.4, 0.5) is 4.79 Å². The molecule has 0 bridgehead atoms. The van der Waals surface area contributed by atoms with Crippen molar-refractivity contribution in [3.05, 3.63) is 29.8 Å². The van der Waals surface area contributed by atoms with E-state index in [-0.39, 0.29) is 11.8 Å². The maximum absolute atomic E-state index is 12.6. The molecular weight excluding hydrogens is 332 g/mol. The molecule has 0 unspecified atom stereocenters. The Balaban J connectivity index is 1.52. The fourth-order valence-corrected chi connectivity index (χ4v) is 3.46. The molecule has 2 aliphatic heterocycles. The van der Waals surface area contributed by atoms with Gasteiger partial charge < -0.3 is 14.8 Å². The summed E-state index contributed by atoms with van der Waals surface area (Å²) in [5.41, 5.74) is 0.613. The summed E-state index contributed by atoms with van der Waals surface area (Å²) in [4.78, 5) is 26.5. The molecule has 0 spiro atoms. The van der Waals surface area contributed by atoms with Crippen LogP contribution in [-0.4, -0.2) is 48.2 Å². The molecule has 3 rings (SSSR count). The maximum Gasteiger partial charge on any atom is 0.410 e. The van der Waals surface area contributed by atoms with Crippen LogP contribution < -0.4 is 10.1 Å². The van der Waals surface area contributed by atoms with Gasteiger partial charge in [0.25, 0.3) is 0 Å². The van der Waals surface area contributed by atoms with Crippen LogP contribution in [0.1, 0.15) is 39.2 Å². The third kappa shape index (κ3) is 4.48. The number of rotatable bonds is 3. The number of nitrogens with zero attached hydrogens (tertiary/aromatic N) is 1. The molecule has 2 amide bonds. The highest BCUT2D eigenvalue weighted by Crippen LogP contribution is 2.26. The van der Waals surface area contributed by atoms with E-state index in [9.17, 15) is 9.59 Å². The standard InChI is InChI=1S/C20H28N2O4/c1-20(2,3)26-19(24)22-10-6-8-16(22)18(23)21-12-14-11-15-7-4-5-9-17(15)25-13-14/h4-5,7,9,14,16H,6,8,10-13H2,1-3H3,(H,21,23)/t14-,16+/m0/s1. The van der Waals surface area contributed by atoms with Crippen molar-refractivity contribution in [3.63, 3.8) is 0 Å². The monoisotopic (exact) mass is 360 g/mol. The third-order valence-corrected chi connectivity index (χ3v) is 4.70. The van der Waals surface area contributed by atoms with Crippen LogP contribution in [0, 0.1) is 5.92 Å². The van der Waals surface area contributed by atoms with Gasteiger partial charge in [0.2, 0.25) is 5.91 Å². The van der Waals surface area contributed by atoms with Gasteiger partial charge in [0, 0.05) is 19.0 Å². The number of amides is 2. The molecule has 0 saturated carbocycles. The highest BCUT2D eigenvalue weighted by atomic mass is 16.6. The first-order chi connectivity index (χ1) is 12.3. The van der Waals surface area contributed by atoms with Gasteiger partial charge in [-0.05, 0) is 51.7 Å². The summed E-state index contributed by atoms with van der Waals surface area (Å²) >= 11 is 0. The highest BCUT2D eigenvalue weighted by Gasteiger charge is 2.36. The van der Waals surface area contributed by atoms with Crippen molar-refractivity contribution in [2.45, 2.75) is 51.7 Å². The molecule has 2 aliphatic rings. The molecule has 2 heterocycles. The molecule has 26 heavy (non-hydrogen) atoms. The van der Waals surface area contributed by atoms with E-state index in [1.807, 2.05) is 39.0 Å². The van der Waals surface area contributed by atoms with Crippen molar-refractivity contribution in [3.8, 4) is 5.75 Å². The Hall–Kier alpha value is -2.24. The minimum atomic E-state index is -0.562. The molecule has 1 aromatic carbocycles. The zero-order chi connectivity index (χ0) is 18.7. The summed E-state index contributed by atoms with van der Waals surface area (Å²) in [6.45, 7) is 7.20. The van der Waals surface area contributed by atoms with E-state index in [0.29, 0.717) is 26.1 Å². The molecule has 1 fully saturated rings. The number of hydrogen-bond donors (Lipinski definition) is 1. The van der Waals surface area contributed by atoms with Crippen molar-refractivity contribution in [1.29, 1.82) is 0 Å². The maximum atomic E-state index is 12.6. The van der Waals surface area contributed by atoms with Crippen molar-refractivity contribution >= 4 is 12.0 Å². The Morgan fingerprint density at radius 1 is 1.31 bits per heavy atom. The molecule has 0 aliphatic carbocycles. The molecule has 6 heteroatoms. The van der Waals surface area contributed by atoms with Crippen LogP contribution >= 0.6 is 0 Å². The molecule has 0 aromatic heterocycles. The third-order valence-electron chi connectivity index (χ3n) is 4.70. The molecule has 1 N–H and O–H groups in total. The van der Waals surface area contributed by atoms with E-state index in [1.54, 1.807) is 4.90 Å². The van der Waals surface area contributed by atoms with Crippen molar-refractivity contribution in [2.24, 2.45) is 5.92 Å². The minimum Gasteiger partial charge on any atom is -0.493 e. The number of benzene rings is 1. The second kappa shape index (κ2) is 7.56. The van der Waals surface area contributed by atoms with Crippen molar-refractivity contribution in [1.82, 2.24) is 10.2 Å². The largest absolute Gasteiger partial charge is 0.493 e. The van der Waals surface area contributed by atoms with Crippen LogP contribution in [-0.2, 0) is 16.0 Å². The lowest BCUT2D eigenvalue weighted by molar-refractivity contribution is -0.125. The van der Waals surface area contributed by atoms with Crippen LogP contribution in [0.15, 0.2) is 24.3 Å². The van der Waals surface area contributed by atoms with E-state index in [4.69, 9.17) is 9.47 Å². The average molecular weight is 360 g/mol. The first-order valence-corrected chi connectivity index (χ1v) is 9.31. The van der Waals surface area contributed by atoms with Crippen molar-refractivity contribution < 1.29 is 19.1 Å². The van der Waals surface area contributed by atoms with Gasteiger partial charge in [-0.3, -0.25) is 9.69 Å². The van der Waals surface area contributed by atoms with Gasteiger partial charge in [0.1, 0.15) is 17.4 Å². The Morgan fingerprint density at radius 3 is 2.85 bits per heavy atom. The zero-order valence-corrected chi connectivity index (χ0v) is 15.8. The quantitative estimate of drug-likeness (QED) is 0.900. The Bertz CT molecular complexity index is 668. The smallest absolute Gasteiger partial charge is 0.410 e. The summed E-state index contributed by atoms with van der Waals surface area (Å²) in [5.74, 6) is 1.07. The van der Waals surface area contributed by atoms with E-state index >= 15 is 0 Å². The average Bonchev–Trinajstić information content (AvgIpc) is 3.08. The second-order valence-electron chi connectivity index (χ2n) is 8.07. The normalized spacial score (nSPS) is 22.3. The first-order valence-electron chi connectivity index (χ1n) is 9.31. The van der Waals surface area contributed by atoms with Gasteiger partial charge in [0.05, 0.1) is 6.61 Å². The molecule has 6 nitrogen and oxygen atoms in total. The predicted molar refractivity (Wildman–Crippen MR) is 98.1 cm³/mol. The SMILES string of the molecule is CC(C)(C)OC(=O)N1CCC[C@@H]1C(=O)NC[C@H]1COc2ccccc2C1. The number of nitrogens with one attached hydrogen (secondary N) is 1. The number of hydrogen-bond acceptors (Lipinski definition) is 4. The molecule has 2 atom stereocenters. The summed E-state index contributed by atoms with van der Waals surface area (Å²) in [6.07, 6.45) is 1.97. The minimum absolute atomic E-state index is 0.104. The summed E-state index contributed by atoms with van der Waals surface area (Å²) in [7, 11) is 0. The van der Waals surface area contributed by atoms with Gasteiger partial charge in [0.15, 0.2) is 0 Å². The lowest BCUT2D eigenvalue weighted by atomic mass is 9.96. The number of likely N-dealkylation sites (tertiary alicyclic amines) is 1. The van der Waals surface area contributed by atoms with Crippen LogP contribution in [0.25, 0.3) is 0 Å². The summed E-state index contributed by atoms with van der Waals surface area (Å²) < 4.78 is 11.2. The number of para-hydroxylation sites is 1. The first kappa shape index (κ1) is 18.5. The lowest BCUT2D eigenvalue weighted by Crippen LogP contribution is -2.48. The fourth-order valence-electron chi connectivity index (χ4n) is 3.46. The topological polar surface area (TPSA) is 67.9 Å². The van der Waals surface area contributed by atoms with Crippen molar-refractivity contribution in [2.75, 3.05) is 19.7 Å². The van der Waals surface area contributed by atoms with E-state index in [2.05, 4.69) is 11.4 Å². The Morgan fingerprint density at radius 2 is 2.08 bits per heavy atom. The zero-order valence-electron chi connectivity index (χ0n) is 15.8. The van der Waals surface area contributed by atoms with E-state index < -0.39 is 17.7 Å². The molecular formula is C20H28N2O4. The fraction of sp³-hybridized carbons (Fsp3) is 0.600. The number of ether oxygens (including phenoxy) is 2. The van der Waals surface area contributed by atoms with Crippen LogP contribution in [0.2, 0.25) is 0 Å². The molecule has 1 aromatic rings. The van der Waals surface area contributed by atoms with Crippen LogP contribution in [0.5, 0.6) is 5.75 Å². The molecule has 142 valence electrons. The summed E-state index contributed by atoms with van der Waals surface area (Å²) in [6, 6.07) is 7.56. The lowest BCUT2D eigenvalue weighted by Gasteiger charge is -2.29. The Kier molecular flexibility index (Phi) is 5.39. The van der Waals surface area contributed by atoms with Gasteiger partial charge in [-0.2, -0.15) is 0 Å². The molecule has 0 radical (unpaired) electrons. The number of carbonyl (C=O) groups is 2. The van der Waals surface area contributed by atoms with Gasteiger partial charge in [-0.1, -0.05) is 18.2 Å². The second-order valence-corrected chi connectivity index (χ2v) is 8.07.